The molecule has 0 atom stereocenters. The third-order valence-electron chi connectivity index (χ3n) is 5.99. The van der Waals surface area contributed by atoms with Crippen molar-refractivity contribution < 1.29 is 23.8 Å². The van der Waals surface area contributed by atoms with Crippen LogP contribution in [0.5, 0.6) is 17.2 Å². The zero-order chi connectivity index (χ0) is 28.1. The van der Waals surface area contributed by atoms with Crippen LogP contribution >= 0.6 is 24.0 Å². The number of carbonyl (C=O) groups excluding carboxylic acids is 2. The van der Waals surface area contributed by atoms with E-state index in [0.717, 1.165) is 33.7 Å². The van der Waals surface area contributed by atoms with Gasteiger partial charge in [0.1, 0.15) is 5.75 Å². The van der Waals surface area contributed by atoms with Crippen molar-refractivity contribution in [3.63, 3.8) is 0 Å². The molecule has 1 N–H and O–H groups in total. The fourth-order valence-electron chi connectivity index (χ4n) is 4.29. The summed E-state index contributed by atoms with van der Waals surface area (Å²) in [5.41, 5.74) is 5.34. The number of thiocarbonyl (C=S) groups is 1. The molecular formula is C30H30N2O5S2. The van der Waals surface area contributed by atoms with Crippen molar-refractivity contribution in [1.82, 2.24) is 0 Å². The van der Waals surface area contributed by atoms with Crippen molar-refractivity contribution in [2.75, 3.05) is 30.5 Å². The normalized spacial score (nSPS) is 14.1. The molecule has 7 nitrogen and oxygen atoms in total. The van der Waals surface area contributed by atoms with Crippen molar-refractivity contribution in [2.24, 2.45) is 0 Å². The SMILES string of the molecule is CCOc1ccc(N2C(=O)/C(=C/c3ccc(OCC(=O)Nc4c(C)cc(C)cc4C)c(OC)c3)SC2=S)cc1. The number of nitrogens with one attached hydrogen (secondary N) is 1. The first-order valence-electron chi connectivity index (χ1n) is 12.4. The first kappa shape index (κ1) is 28.2. The molecule has 202 valence electrons. The molecule has 0 spiro atoms. The van der Waals surface area contributed by atoms with E-state index in [4.69, 9.17) is 26.4 Å². The third kappa shape index (κ3) is 6.61. The Kier molecular flexibility index (Phi) is 8.93. The van der Waals surface area contributed by atoms with E-state index in [1.807, 2.05) is 64.1 Å². The van der Waals surface area contributed by atoms with Gasteiger partial charge >= 0.3 is 0 Å². The molecule has 0 aromatic heterocycles. The maximum atomic E-state index is 13.2. The number of amides is 2. The van der Waals surface area contributed by atoms with Crippen molar-refractivity contribution in [2.45, 2.75) is 27.7 Å². The predicted octanol–water partition coefficient (Wildman–Crippen LogP) is 6.44. The van der Waals surface area contributed by atoms with Crippen molar-refractivity contribution in [3.05, 3.63) is 81.8 Å². The lowest BCUT2D eigenvalue weighted by molar-refractivity contribution is -0.118. The highest BCUT2D eigenvalue weighted by molar-refractivity contribution is 8.27. The van der Waals surface area contributed by atoms with Gasteiger partial charge in [-0.1, -0.05) is 47.7 Å². The van der Waals surface area contributed by atoms with Gasteiger partial charge in [-0.3, -0.25) is 14.5 Å². The molecule has 1 fully saturated rings. The molecule has 1 aliphatic heterocycles. The maximum absolute atomic E-state index is 13.2. The number of aryl methyl sites for hydroxylation is 3. The molecule has 0 bridgehead atoms. The van der Waals surface area contributed by atoms with Gasteiger partial charge in [-0.05, 0) is 86.9 Å². The van der Waals surface area contributed by atoms with Crippen LogP contribution in [0.15, 0.2) is 59.5 Å². The van der Waals surface area contributed by atoms with Crippen molar-refractivity contribution >= 4 is 57.6 Å². The van der Waals surface area contributed by atoms with E-state index in [9.17, 15) is 9.59 Å². The predicted molar refractivity (Wildman–Crippen MR) is 161 cm³/mol. The van der Waals surface area contributed by atoms with E-state index in [-0.39, 0.29) is 18.4 Å². The van der Waals surface area contributed by atoms with Gasteiger partial charge in [-0.15, -0.1) is 0 Å². The average Bonchev–Trinajstić information content (AvgIpc) is 3.18. The number of benzene rings is 3. The summed E-state index contributed by atoms with van der Waals surface area (Å²) >= 11 is 6.72. The van der Waals surface area contributed by atoms with E-state index in [1.54, 1.807) is 24.3 Å². The fourth-order valence-corrected chi connectivity index (χ4v) is 5.59. The van der Waals surface area contributed by atoms with E-state index in [0.29, 0.717) is 33.0 Å². The topological polar surface area (TPSA) is 77.1 Å². The zero-order valence-electron chi connectivity index (χ0n) is 22.5. The number of anilines is 2. The van der Waals surface area contributed by atoms with Crippen LogP contribution in [0.25, 0.3) is 6.08 Å². The van der Waals surface area contributed by atoms with Crippen molar-refractivity contribution in [3.8, 4) is 17.2 Å². The lowest BCUT2D eigenvalue weighted by atomic mass is 10.1. The van der Waals surface area contributed by atoms with E-state index >= 15 is 0 Å². The smallest absolute Gasteiger partial charge is 0.270 e. The Labute approximate surface area is 238 Å². The van der Waals surface area contributed by atoms with Gasteiger partial charge in [0.25, 0.3) is 11.8 Å². The van der Waals surface area contributed by atoms with Gasteiger partial charge in [-0.2, -0.15) is 0 Å². The molecule has 4 rings (SSSR count). The number of hydrogen-bond acceptors (Lipinski definition) is 7. The second-order valence-electron chi connectivity index (χ2n) is 8.96. The lowest BCUT2D eigenvalue weighted by Crippen LogP contribution is -2.27. The number of ether oxygens (including phenoxy) is 3. The minimum Gasteiger partial charge on any atom is -0.494 e. The van der Waals surface area contributed by atoms with Crippen LogP contribution in [0.1, 0.15) is 29.2 Å². The first-order valence-corrected chi connectivity index (χ1v) is 13.6. The highest BCUT2D eigenvalue weighted by Crippen LogP contribution is 2.37. The van der Waals surface area contributed by atoms with Gasteiger partial charge < -0.3 is 19.5 Å². The summed E-state index contributed by atoms with van der Waals surface area (Å²) in [6, 6.07) is 16.6. The van der Waals surface area contributed by atoms with Crippen molar-refractivity contribution in [1.29, 1.82) is 0 Å². The van der Waals surface area contributed by atoms with Gasteiger partial charge in [0.2, 0.25) is 0 Å². The van der Waals surface area contributed by atoms with Crippen LogP contribution in [0, 0.1) is 20.8 Å². The average molecular weight is 563 g/mol. The Balaban J connectivity index is 1.44. The number of thioether (sulfide) groups is 1. The summed E-state index contributed by atoms with van der Waals surface area (Å²) in [6.07, 6.45) is 1.76. The molecule has 0 radical (unpaired) electrons. The minimum atomic E-state index is -0.269. The summed E-state index contributed by atoms with van der Waals surface area (Å²) in [6.45, 7) is 8.25. The Morgan fingerprint density at radius 3 is 2.33 bits per heavy atom. The van der Waals surface area contributed by atoms with Gasteiger partial charge in [0.15, 0.2) is 22.4 Å². The number of hydrogen-bond donors (Lipinski definition) is 1. The summed E-state index contributed by atoms with van der Waals surface area (Å²) in [5, 5.41) is 2.93. The molecule has 0 unspecified atom stereocenters. The van der Waals surface area contributed by atoms with Crippen LogP contribution in [0.3, 0.4) is 0 Å². The standard InChI is InChI=1S/C30H30N2O5S2/c1-6-36-23-10-8-22(9-11-23)32-29(34)26(39-30(32)38)16-21-7-12-24(25(15-21)35-5)37-17-27(33)31-28-19(3)13-18(2)14-20(28)4/h7-16H,6,17H2,1-5H3,(H,31,33)/b26-16-. The Morgan fingerprint density at radius 2 is 1.69 bits per heavy atom. The molecule has 9 heteroatoms. The Morgan fingerprint density at radius 1 is 1.00 bits per heavy atom. The molecule has 39 heavy (non-hydrogen) atoms. The molecule has 1 aliphatic rings. The summed E-state index contributed by atoms with van der Waals surface area (Å²) < 4.78 is 17.2. The number of carbonyl (C=O) groups is 2. The zero-order valence-corrected chi connectivity index (χ0v) is 24.1. The second-order valence-corrected chi connectivity index (χ2v) is 10.6. The number of rotatable bonds is 9. The number of nitrogens with zero attached hydrogens (tertiary/aromatic N) is 1. The van der Waals surface area contributed by atoms with Crippen LogP contribution in [0.4, 0.5) is 11.4 Å². The Bertz CT molecular complexity index is 1430. The molecule has 0 saturated carbocycles. The van der Waals surface area contributed by atoms with Gasteiger partial charge in [-0.25, -0.2) is 0 Å². The van der Waals surface area contributed by atoms with Crippen LogP contribution in [-0.4, -0.2) is 36.5 Å². The summed E-state index contributed by atoms with van der Waals surface area (Å²) in [4.78, 5) is 27.8. The molecule has 1 saturated heterocycles. The van der Waals surface area contributed by atoms with E-state index in [1.165, 1.54) is 23.8 Å². The Hall–Kier alpha value is -3.82. The third-order valence-corrected chi connectivity index (χ3v) is 7.29. The monoisotopic (exact) mass is 562 g/mol. The van der Waals surface area contributed by atoms with Crippen LogP contribution < -0.4 is 24.4 Å². The lowest BCUT2D eigenvalue weighted by Gasteiger charge is -2.15. The minimum absolute atomic E-state index is 0.177. The molecule has 2 amide bonds. The highest BCUT2D eigenvalue weighted by atomic mass is 32.2. The molecule has 3 aromatic rings. The van der Waals surface area contributed by atoms with E-state index < -0.39 is 0 Å². The molecular weight excluding hydrogens is 532 g/mol. The summed E-state index contributed by atoms with van der Waals surface area (Å²) in [5.74, 6) is 1.13. The van der Waals surface area contributed by atoms with Crippen LogP contribution in [-0.2, 0) is 9.59 Å². The van der Waals surface area contributed by atoms with Crippen LogP contribution in [0.2, 0.25) is 0 Å². The van der Waals surface area contributed by atoms with Gasteiger partial charge in [0, 0.05) is 5.69 Å². The largest absolute Gasteiger partial charge is 0.494 e. The van der Waals surface area contributed by atoms with E-state index in [2.05, 4.69) is 5.32 Å². The first-order chi connectivity index (χ1) is 18.7. The quantitative estimate of drug-likeness (QED) is 0.237. The fraction of sp³-hybridized carbons (Fsp3) is 0.233. The molecule has 1 heterocycles. The highest BCUT2D eigenvalue weighted by Gasteiger charge is 2.33. The molecule has 0 aliphatic carbocycles. The number of methoxy groups -OCH3 is 1. The second kappa shape index (κ2) is 12.4. The van der Waals surface area contributed by atoms with Gasteiger partial charge in [0.05, 0.1) is 24.3 Å². The summed E-state index contributed by atoms with van der Waals surface area (Å²) in [7, 11) is 1.52. The maximum Gasteiger partial charge on any atom is 0.270 e. The molecule has 3 aromatic carbocycles.